The second kappa shape index (κ2) is 6.06. The number of anilines is 1. The molecule has 0 spiro atoms. The fourth-order valence-corrected chi connectivity index (χ4v) is 2.42. The van der Waals surface area contributed by atoms with E-state index in [1.54, 1.807) is 0 Å². The summed E-state index contributed by atoms with van der Waals surface area (Å²) in [5, 5.41) is 0. The number of nitrogen functional groups attached to an aromatic ring is 1. The van der Waals surface area contributed by atoms with Gasteiger partial charge in [0.1, 0.15) is 0 Å². The van der Waals surface area contributed by atoms with Crippen molar-refractivity contribution >= 4 is 11.6 Å². The molecule has 0 aromatic heterocycles. The van der Waals surface area contributed by atoms with E-state index in [0.29, 0.717) is 26.2 Å². The van der Waals surface area contributed by atoms with Crippen LogP contribution < -0.4 is 5.73 Å². The highest BCUT2D eigenvalue weighted by Crippen LogP contribution is 2.22. The molecule has 2 N–H and O–H groups in total. The Hall–Kier alpha value is -1.55. The van der Waals surface area contributed by atoms with Gasteiger partial charge in [0.2, 0.25) is 5.91 Å². The molecule has 0 saturated carbocycles. The van der Waals surface area contributed by atoms with Crippen molar-refractivity contribution in [3.05, 3.63) is 29.8 Å². The van der Waals surface area contributed by atoms with Crippen LogP contribution in [0.5, 0.6) is 0 Å². The number of benzene rings is 1. The maximum Gasteiger partial charge on any atom is 0.223 e. The predicted molar refractivity (Wildman–Crippen MR) is 75.9 cm³/mol. The summed E-state index contributed by atoms with van der Waals surface area (Å²) in [6, 6.07) is 7.94. The fraction of sp³-hybridized carbons (Fsp3) is 0.533. The Morgan fingerprint density at radius 2 is 2.16 bits per heavy atom. The predicted octanol–water partition coefficient (Wildman–Crippen LogP) is 2.01. The van der Waals surface area contributed by atoms with Crippen molar-refractivity contribution in [3.8, 4) is 0 Å². The Labute approximate surface area is 114 Å². The molecule has 4 heteroatoms. The van der Waals surface area contributed by atoms with E-state index >= 15 is 0 Å². The molecular weight excluding hydrogens is 240 g/mol. The fourth-order valence-electron chi connectivity index (χ4n) is 2.42. The molecule has 2 rings (SSSR count). The van der Waals surface area contributed by atoms with E-state index < -0.39 is 0 Å². The molecule has 1 aromatic rings. The summed E-state index contributed by atoms with van der Waals surface area (Å²) in [5.74, 6) is 0.420. The van der Waals surface area contributed by atoms with Crippen LogP contribution in [0.25, 0.3) is 0 Å². The van der Waals surface area contributed by atoms with Crippen molar-refractivity contribution in [1.29, 1.82) is 0 Å². The Balaban J connectivity index is 1.96. The number of nitrogens with two attached hydrogens (primary N) is 1. The number of carbonyl (C=O) groups excluding carboxylic acids is 1. The zero-order valence-electron chi connectivity index (χ0n) is 11.6. The minimum atomic E-state index is 0.180. The number of hydrogen-bond acceptors (Lipinski definition) is 3. The van der Waals surface area contributed by atoms with Crippen LogP contribution in [0.4, 0.5) is 5.69 Å². The number of hydrogen-bond donors (Lipinski definition) is 1. The molecule has 1 aliphatic heterocycles. The summed E-state index contributed by atoms with van der Waals surface area (Å²) in [6.07, 6.45) is 0.536. The van der Waals surface area contributed by atoms with E-state index in [2.05, 4.69) is 6.92 Å². The van der Waals surface area contributed by atoms with Crippen molar-refractivity contribution in [2.75, 3.05) is 25.5 Å². The summed E-state index contributed by atoms with van der Waals surface area (Å²) in [4.78, 5) is 14.2. The molecule has 1 fully saturated rings. The summed E-state index contributed by atoms with van der Waals surface area (Å²) in [7, 11) is 0. The molecule has 1 amide bonds. The highest BCUT2D eigenvalue weighted by Gasteiger charge is 2.25. The zero-order valence-corrected chi connectivity index (χ0v) is 11.6. The van der Waals surface area contributed by atoms with E-state index in [4.69, 9.17) is 10.5 Å². The van der Waals surface area contributed by atoms with Crippen LogP contribution >= 0.6 is 0 Å². The minimum absolute atomic E-state index is 0.180. The van der Waals surface area contributed by atoms with E-state index in [0.717, 1.165) is 11.3 Å². The Morgan fingerprint density at radius 1 is 1.47 bits per heavy atom. The Bertz CT molecular complexity index is 430. The number of morpholine rings is 1. The molecule has 4 nitrogen and oxygen atoms in total. The second-order valence-corrected chi connectivity index (χ2v) is 5.28. The normalized spacial score (nSPS) is 21.2. The van der Waals surface area contributed by atoms with E-state index in [9.17, 15) is 4.79 Å². The molecule has 1 heterocycles. The monoisotopic (exact) mass is 262 g/mol. The van der Waals surface area contributed by atoms with Crippen molar-refractivity contribution in [3.63, 3.8) is 0 Å². The van der Waals surface area contributed by atoms with Gasteiger partial charge in [0.25, 0.3) is 0 Å². The quantitative estimate of drug-likeness (QED) is 0.848. The SMILES string of the molecule is CC(CC(=O)N1CCOCC1C)c1ccc(N)cc1. The van der Waals surface area contributed by atoms with Gasteiger partial charge in [-0.25, -0.2) is 0 Å². The lowest BCUT2D eigenvalue weighted by Gasteiger charge is -2.34. The average Bonchev–Trinajstić information content (AvgIpc) is 2.39. The van der Waals surface area contributed by atoms with Gasteiger partial charge in [0.05, 0.1) is 19.3 Å². The van der Waals surface area contributed by atoms with Crippen LogP contribution in [0.3, 0.4) is 0 Å². The second-order valence-electron chi connectivity index (χ2n) is 5.28. The van der Waals surface area contributed by atoms with Crippen LogP contribution in [0.1, 0.15) is 31.7 Å². The van der Waals surface area contributed by atoms with Crippen molar-refractivity contribution in [2.24, 2.45) is 0 Å². The number of amides is 1. The van der Waals surface area contributed by atoms with Gasteiger partial charge in [0, 0.05) is 18.7 Å². The summed E-state index contributed by atoms with van der Waals surface area (Å²) >= 11 is 0. The third-order valence-electron chi connectivity index (χ3n) is 3.67. The van der Waals surface area contributed by atoms with Gasteiger partial charge in [-0.3, -0.25) is 4.79 Å². The molecule has 2 atom stereocenters. The zero-order chi connectivity index (χ0) is 13.8. The molecule has 19 heavy (non-hydrogen) atoms. The first-order valence-corrected chi connectivity index (χ1v) is 6.80. The highest BCUT2D eigenvalue weighted by molar-refractivity contribution is 5.77. The molecule has 0 radical (unpaired) electrons. The maximum absolute atomic E-state index is 12.3. The van der Waals surface area contributed by atoms with Gasteiger partial charge in [-0.1, -0.05) is 19.1 Å². The number of nitrogens with zero attached hydrogens (tertiary/aromatic N) is 1. The average molecular weight is 262 g/mol. The molecule has 1 aromatic carbocycles. The minimum Gasteiger partial charge on any atom is -0.399 e. The van der Waals surface area contributed by atoms with Gasteiger partial charge in [-0.15, -0.1) is 0 Å². The number of rotatable bonds is 3. The van der Waals surface area contributed by atoms with Gasteiger partial charge in [-0.2, -0.15) is 0 Å². The first kappa shape index (κ1) is 13.9. The summed E-state index contributed by atoms with van der Waals surface area (Å²) in [6.45, 7) is 6.10. The van der Waals surface area contributed by atoms with Gasteiger partial charge in [-0.05, 0) is 30.5 Å². The molecule has 0 bridgehead atoms. The number of ether oxygens (including phenoxy) is 1. The third kappa shape index (κ3) is 3.47. The lowest BCUT2D eigenvalue weighted by molar-refractivity contribution is -0.139. The Morgan fingerprint density at radius 3 is 2.79 bits per heavy atom. The molecule has 1 saturated heterocycles. The van der Waals surface area contributed by atoms with Crippen LogP contribution in [-0.2, 0) is 9.53 Å². The van der Waals surface area contributed by atoms with E-state index in [1.165, 1.54) is 0 Å². The maximum atomic E-state index is 12.3. The summed E-state index contributed by atoms with van der Waals surface area (Å²) < 4.78 is 5.36. The molecule has 0 aliphatic carbocycles. The van der Waals surface area contributed by atoms with E-state index in [-0.39, 0.29) is 17.9 Å². The largest absolute Gasteiger partial charge is 0.399 e. The van der Waals surface area contributed by atoms with Crippen LogP contribution in [0, 0.1) is 0 Å². The van der Waals surface area contributed by atoms with Crippen molar-refractivity contribution in [1.82, 2.24) is 4.90 Å². The van der Waals surface area contributed by atoms with E-state index in [1.807, 2.05) is 36.1 Å². The first-order valence-electron chi connectivity index (χ1n) is 6.80. The van der Waals surface area contributed by atoms with Gasteiger partial charge < -0.3 is 15.4 Å². The lowest BCUT2D eigenvalue weighted by Crippen LogP contribution is -2.47. The summed E-state index contributed by atoms with van der Waals surface area (Å²) in [5.41, 5.74) is 7.58. The smallest absolute Gasteiger partial charge is 0.223 e. The van der Waals surface area contributed by atoms with Gasteiger partial charge in [0.15, 0.2) is 0 Å². The topological polar surface area (TPSA) is 55.6 Å². The van der Waals surface area contributed by atoms with Crippen LogP contribution in [0.15, 0.2) is 24.3 Å². The third-order valence-corrected chi connectivity index (χ3v) is 3.67. The van der Waals surface area contributed by atoms with Crippen LogP contribution in [-0.4, -0.2) is 36.6 Å². The van der Waals surface area contributed by atoms with Crippen molar-refractivity contribution < 1.29 is 9.53 Å². The standard InChI is InChI=1S/C15H22N2O2/c1-11(13-3-5-14(16)6-4-13)9-15(18)17-7-8-19-10-12(17)2/h3-6,11-12H,7-10,16H2,1-2H3. The first-order chi connectivity index (χ1) is 9.08. The van der Waals surface area contributed by atoms with Crippen LogP contribution in [0.2, 0.25) is 0 Å². The molecule has 1 aliphatic rings. The van der Waals surface area contributed by atoms with Crippen molar-refractivity contribution in [2.45, 2.75) is 32.2 Å². The molecular formula is C15H22N2O2. The van der Waals surface area contributed by atoms with Gasteiger partial charge >= 0.3 is 0 Å². The highest BCUT2D eigenvalue weighted by atomic mass is 16.5. The lowest BCUT2D eigenvalue weighted by atomic mass is 9.96. The Kier molecular flexibility index (Phi) is 4.43. The molecule has 104 valence electrons. The molecule has 2 unspecified atom stereocenters. The number of carbonyl (C=O) groups is 1.